The fourth-order valence-electron chi connectivity index (χ4n) is 4.68. The summed E-state index contributed by atoms with van der Waals surface area (Å²) in [6, 6.07) is 11.1. The molecule has 0 radical (unpaired) electrons. The van der Waals surface area contributed by atoms with Gasteiger partial charge in [-0.05, 0) is 55.4 Å². The van der Waals surface area contributed by atoms with Crippen LogP contribution in [0.25, 0.3) is 21.9 Å². The van der Waals surface area contributed by atoms with E-state index in [0.29, 0.717) is 16.5 Å². The van der Waals surface area contributed by atoms with Crippen molar-refractivity contribution in [2.45, 2.75) is 12.8 Å². The number of phenolic OH excluding ortho intramolecular Hbond substituents is 1. The smallest absolute Gasteiger partial charge is 0.227 e. The van der Waals surface area contributed by atoms with E-state index in [1.54, 1.807) is 12.4 Å². The summed E-state index contributed by atoms with van der Waals surface area (Å²) in [7, 11) is 1.53. The molecule has 10 nitrogen and oxygen atoms in total. The number of amides is 1. The molecule has 0 unspecified atom stereocenters. The fourth-order valence-corrected chi connectivity index (χ4v) is 4.98. The lowest BCUT2D eigenvalue weighted by Gasteiger charge is -2.37. The molecule has 4 aromatic rings. The number of nitrogens with zero attached hydrogens (tertiary/aromatic N) is 4. The first kappa shape index (κ1) is 23.3. The number of anilines is 3. The van der Waals surface area contributed by atoms with Gasteiger partial charge in [0.2, 0.25) is 5.91 Å². The highest BCUT2D eigenvalue weighted by Crippen LogP contribution is 2.37. The van der Waals surface area contributed by atoms with E-state index >= 15 is 0 Å². The van der Waals surface area contributed by atoms with Gasteiger partial charge in [0, 0.05) is 54.9 Å². The number of benzene rings is 2. The lowest BCUT2D eigenvalue weighted by atomic mass is 10.1. The number of hydrogen-bond acceptors (Lipinski definition) is 7. The summed E-state index contributed by atoms with van der Waals surface area (Å²) in [6.07, 6.45) is 3.52. The number of methoxy groups -OCH3 is 1. The molecule has 2 aliphatic rings. The second-order valence-electron chi connectivity index (χ2n) is 9.36. The van der Waals surface area contributed by atoms with Crippen LogP contribution in [0.2, 0.25) is 0 Å². The molecular weight excluding hydrogens is 490 g/mol. The highest BCUT2D eigenvalue weighted by atomic mass is 32.1. The summed E-state index contributed by atoms with van der Waals surface area (Å²) >= 11 is 5.68. The Hall–Kier alpha value is -4.12. The Balaban J connectivity index is 1.13. The maximum absolute atomic E-state index is 12.0. The van der Waals surface area contributed by atoms with Crippen molar-refractivity contribution in [3.63, 3.8) is 0 Å². The van der Waals surface area contributed by atoms with Crippen LogP contribution in [0.15, 0.2) is 42.7 Å². The van der Waals surface area contributed by atoms with Crippen molar-refractivity contribution in [3.8, 4) is 11.5 Å². The predicted molar refractivity (Wildman–Crippen MR) is 147 cm³/mol. The van der Waals surface area contributed by atoms with Crippen LogP contribution in [-0.2, 0) is 4.79 Å². The van der Waals surface area contributed by atoms with Gasteiger partial charge in [-0.2, -0.15) is 0 Å². The molecule has 2 aromatic heterocycles. The van der Waals surface area contributed by atoms with E-state index in [0.717, 1.165) is 72.5 Å². The number of hydrogen-bond donors (Lipinski definition) is 4. The molecule has 0 spiro atoms. The zero-order valence-corrected chi connectivity index (χ0v) is 21.1. The predicted octanol–water partition coefficient (Wildman–Crippen LogP) is 3.69. The number of aromatic amines is 1. The Morgan fingerprint density at radius 3 is 2.46 bits per heavy atom. The van der Waals surface area contributed by atoms with Crippen molar-refractivity contribution < 1.29 is 14.6 Å². The van der Waals surface area contributed by atoms with Crippen LogP contribution in [0, 0.1) is 5.92 Å². The highest BCUT2D eigenvalue weighted by molar-refractivity contribution is 7.80. The number of ether oxygens (including phenoxy) is 1. The number of piperazine rings is 1. The zero-order valence-electron chi connectivity index (χ0n) is 20.3. The van der Waals surface area contributed by atoms with Crippen LogP contribution in [0.5, 0.6) is 11.5 Å². The van der Waals surface area contributed by atoms with Gasteiger partial charge in [-0.1, -0.05) is 0 Å². The van der Waals surface area contributed by atoms with Crippen LogP contribution < -0.4 is 20.3 Å². The number of phenols is 1. The van der Waals surface area contributed by atoms with E-state index < -0.39 is 0 Å². The van der Waals surface area contributed by atoms with Gasteiger partial charge < -0.3 is 35.3 Å². The average molecular weight is 518 g/mol. The Bertz CT molecular complexity index is 1490. The van der Waals surface area contributed by atoms with Crippen molar-refractivity contribution in [2.75, 3.05) is 48.8 Å². The summed E-state index contributed by atoms with van der Waals surface area (Å²) in [5.41, 5.74) is 3.16. The molecule has 2 fully saturated rings. The van der Waals surface area contributed by atoms with Gasteiger partial charge >= 0.3 is 0 Å². The SMILES string of the molecule is COc1cc2c(cc1O)[nH]c1ncnc(N3CCN(C(=S)Nc4ccc(NC(=O)C5CC5)cc4)CC3)c12. The summed E-state index contributed by atoms with van der Waals surface area (Å²) in [6.45, 7) is 2.95. The van der Waals surface area contributed by atoms with Gasteiger partial charge in [0.25, 0.3) is 0 Å². The second-order valence-corrected chi connectivity index (χ2v) is 9.75. The third-order valence-electron chi connectivity index (χ3n) is 6.89. The number of aromatic hydroxyl groups is 1. The minimum atomic E-state index is 0.0725. The largest absolute Gasteiger partial charge is 0.504 e. The maximum Gasteiger partial charge on any atom is 0.227 e. The maximum atomic E-state index is 12.0. The fraction of sp³-hybridized carbons (Fsp3) is 0.308. The molecule has 37 heavy (non-hydrogen) atoms. The number of fused-ring (bicyclic) bond motifs is 3. The van der Waals surface area contributed by atoms with Gasteiger partial charge in [-0.15, -0.1) is 0 Å². The first-order chi connectivity index (χ1) is 18.0. The van der Waals surface area contributed by atoms with Crippen molar-refractivity contribution in [1.82, 2.24) is 19.9 Å². The van der Waals surface area contributed by atoms with Gasteiger partial charge in [0.1, 0.15) is 17.8 Å². The number of aromatic nitrogens is 3. The molecule has 6 rings (SSSR count). The quantitative estimate of drug-likeness (QED) is 0.294. The molecule has 190 valence electrons. The first-order valence-electron chi connectivity index (χ1n) is 12.3. The number of thiocarbonyl (C=S) groups is 1. The molecule has 1 aliphatic heterocycles. The highest BCUT2D eigenvalue weighted by Gasteiger charge is 2.29. The Labute approximate surface area is 218 Å². The van der Waals surface area contributed by atoms with Crippen LogP contribution >= 0.6 is 12.2 Å². The molecule has 11 heteroatoms. The van der Waals surface area contributed by atoms with Crippen molar-refractivity contribution in [2.24, 2.45) is 5.92 Å². The molecule has 1 saturated carbocycles. The molecular formula is C26H27N7O3S. The van der Waals surface area contributed by atoms with Crippen LogP contribution in [0.3, 0.4) is 0 Å². The summed E-state index contributed by atoms with van der Waals surface area (Å²) in [5.74, 6) is 1.59. The van der Waals surface area contributed by atoms with Crippen LogP contribution in [0.1, 0.15) is 12.8 Å². The normalized spacial score (nSPS) is 15.7. The third kappa shape index (κ3) is 4.57. The number of nitrogens with one attached hydrogen (secondary N) is 3. The molecule has 0 bridgehead atoms. The molecule has 1 saturated heterocycles. The Morgan fingerprint density at radius 1 is 1.08 bits per heavy atom. The van der Waals surface area contributed by atoms with Crippen LogP contribution in [-0.4, -0.2) is 69.3 Å². The standard InChI is InChI=1S/C26H27N7O3S/c1-36-21-12-18-19(13-20(21)34)31-23-22(18)24(28-14-27-23)32-8-10-33(11-9-32)26(37)30-17-6-4-16(5-7-17)29-25(35)15-2-3-15/h4-7,12-15,34H,2-3,8-11H2,1H3,(H,29,35)(H,30,37)(H,27,28,31). The molecule has 4 N–H and O–H groups in total. The van der Waals surface area contributed by atoms with Crippen LogP contribution in [0.4, 0.5) is 17.2 Å². The zero-order chi connectivity index (χ0) is 25.5. The number of rotatable bonds is 5. The summed E-state index contributed by atoms with van der Waals surface area (Å²) < 4.78 is 5.32. The van der Waals surface area contributed by atoms with E-state index in [1.807, 2.05) is 30.3 Å². The Morgan fingerprint density at radius 2 is 1.78 bits per heavy atom. The molecule has 2 aromatic carbocycles. The van der Waals surface area contributed by atoms with Gasteiger partial charge in [0.15, 0.2) is 16.6 Å². The minimum Gasteiger partial charge on any atom is -0.504 e. The number of carbonyl (C=O) groups excluding carboxylic acids is 1. The molecule has 0 atom stereocenters. The molecule has 1 aliphatic carbocycles. The summed E-state index contributed by atoms with van der Waals surface area (Å²) in [4.78, 5) is 28.6. The summed E-state index contributed by atoms with van der Waals surface area (Å²) in [5, 5.41) is 18.9. The molecule has 1 amide bonds. The lowest BCUT2D eigenvalue weighted by Crippen LogP contribution is -2.50. The third-order valence-corrected chi connectivity index (χ3v) is 7.25. The minimum absolute atomic E-state index is 0.0725. The average Bonchev–Trinajstić information content (AvgIpc) is 3.70. The monoisotopic (exact) mass is 517 g/mol. The van der Waals surface area contributed by atoms with Crippen molar-refractivity contribution in [3.05, 3.63) is 42.7 Å². The van der Waals surface area contributed by atoms with E-state index in [2.05, 4.69) is 35.4 Å². The lowest BCUT2D eigenvalue weighted by molar-refractivity contribution is -0.117. The Kier molecular flexibility index (Phi) is 5.91. The van der Waals surface area contributed by atoms with Crippen molar-refractivity contribution >= 4 is 62.4 Å². The molecule has 3 heterocycles. The van der Waals surface area contributed by atoms with E-state index in [9.17, 15) is 9.90 Å². The van der Waals surface area contributed by atoms with Gasteiger partial charge in [0.05, 0.1) is 18.0 Å². The van der Waals surface area contributed by atoms with Crippen molar-refractivity contribution in [1.29, 1.82) is 0 Å². The van der Waals surface area contributed by atoms with E-state index in [4.69, 9.17) is 17.0 Å². The topological polar surface area (TPSA) is 119 Å². The van der Waals surface area contributed by atoms with E-state index in [-0.39, 0.29) is 17.6 Å². The van der Waals surface area contributed by atoms with Gasteiger partial charge in [-0.25, -0.2) is 9.97 Å². The first-order valence-corrected chi connectivity index (χ1v) is 12.7. The number of carbonyl (C=O) groups is 1. The number of H-pyrrole nitrogens is 1. The van der Waals surface area contributed by atoms with Gasteiger partial charge in [-0.3, -0.25) is 4.79 Å². The van der Waals surface area contributed by atoms with E-state index in [1.165, 1.54) is 7.11 Å². The second kappa shape index (κ2) is 9.40.